The molecule has 2 aliphatic heterocycles. The van der Waals surface area contributed by atoms with Crippen LogP contribution < -0.4 is 0 Å². The van der Waals surface area contributed by atoms with Crippen molar-refractivity contribution in [2.75, 3.05) is 0 Å². The molecule has 3 aromatic heterocycles. The smallest absolute Gasteiger partial charge is 0.0800 e. The van der Waals surface area contributed by atoms with Crippen molar-refractivity contribution < 1.29 is 0 Å². The Labute approximate surface area is 274 Å². The molecule has 4 nitrogen and oxygen atoms in total. The zero-order valence-corrected chi connectivity index (χ0v) is 27.5. The number of hydrogen-bond acceptors (Lipinski definition) is 2. The second-order valence-electron chi connectivity index (χ2n) is 11.3. The van der Waals surface area contributed by atoms with Crippen LogP contribution in [0.5, 0.6) is 0 Å². The molecule has 2 aliphatic rings. The number of rotatable bonds is 8. The van der Waals surface area contributed by atoms with Crippen molar-refractivity contribution in [1.82, 2.24) is 19.9 Å². The van der Waals surface area contributed by atoms with Gasteiger partial charge in [0.25, 0.3) is 0 Å². The van der Waals surface area contributed by atoms with Gasteiger partial charge in [-0.15, -0.1) is 0 Å². The van der Waals surface area contributed by atoms with Gasteiger partial charge in [-0.2, -0.15) is 0 Å². The molecule has 5 heterocycles. The van der Waals surface area contributed by atoms with Crippen molar-refractivity contribution in [1.29, 1.82) is 0 Å². The first-order valence-electron chi connectivity index (χ1n) is 15.2. The SMILES string of the molecule is Brc1c2nc(c(CCCc3ccccc3)c3nc(c(Br)c4ccc([nH]4)c(CCCc4ccccc4)c4ccc1[nH]4)C=C3)C=C2. The van der Waals surface area contributed by atoms with Crippen molar-refractivity contribution >= 4 is 78.2 Å². The maximum Gasteiger partial charge on any atom is 0.0800 e. The quantitative estimate of drug-likeness (QED) is 0.165. The number of nitrogens with zero attached hydrogens (tertiary/aromatic N) is 2. The minimum Gasteiger partial charge on any atom is -0.354 e. The van der Waals surface area contributed by atoms with Gasteiger partial charge in [-0.1, -0.05) is 60.7 Å². The molecule has 0 saturated heterocycles. The van der Waals surface area contributed by atoms with Crippen LogP contribution in [0.2, 0.25) is 0 Å². The fourth-order valence-corrected chi connectivity index (χ4v) is 6.91. The molecule has 0 atom stereocenters. The van der Waals surface area contributed by atoms with E-state index in [-0.39, 0.29) is 0 Å². The average Bonchev–Trinajstić information content (AvgIpc) is 3.89. The van der Waals surface area contributed by atoms with Crippen LogP contribution in [-0.2, 0) is 25.7 Å². The predicted octanol–water partition coefficient (Wildman–Crippen LogP) is 10.5. The molecule has 7 rings (SSSR count). The minimum atomic E-state index is 0.887. The second kappa shape index (κ2) is 12.9. The Morgan fingerprint density at radius 1 is 0.432 bits per heavy atom. The lowest BCUT2D eigenvalue weighted by molar-refractivity contribution is 0.812. The summed E-state index contributed by atoms with van der Waals surface area (Å²) in [6.45, 7) is 0. The molecule has 2 N–H and O–H groups in total. The lowest BCUT2D eigenvalue weighted by atomic mass is 10.0. The van der Waals surface area contributed by atoms with Crippen LogP contribution in [0.25, 0.3) is 46.4 Å². The van der Waals surface area contributed by atoms with E-state index in [9.17, 15) is 0 Å². The standard InChI is InChI=1S/C38H32Br2N4/c39-37-33-21-17-29(41-33)27(15-7-13-25-9-3-1-4-10-25)30-18-22-34(42-30)38(40)36-24-20-32(44-36)28(31-19-23-35(37)43-31)16-8-14-26-11-5-2-6-12-26/h1-6,9-12,17-24,41-42H,7-8,13-16H2. The largest absolute Gasteiger partial charge is 0.354 e. The van der Waals surface area contributed by atoms with Crippen LogP contribution in [0, 0.1) is 0 Å². The normalized spacial score (nSPS) is 12.2. The Hall–Kier alpha value is -4.00. The van der Waals surface area contributed by atoms with Crippen molar-refractivity contribution in [3.05, 3.63) is 139 Å². The highest BCUT2D eigenvalue weighted by molar-refractivity contribution is 9.11. The molecule has 0 amide bonds. The molecule has 0 aliphatic carbocycles. The number of H-pyrrole nitrogens is 2. The number of aryl methyl sites for hydroxylation is 3. The van der Waals surface area contributed by atoms with Crippen LogP contribution in [0.3, 0.4) is 0 Å². The lowest BCUT2D eigenvalue weighted by Crippen LogP contribution is -1.97. The molecule has 0 radical (unpaired) electrons. The molecule has 5 aromatic rings. The Bertz CT molecular complexity index is 1940. The number of halogens is 2. The lowest BCUT2D eigenvalue weighted by Gasteiger charge is -2.05. The fraction of sp³-hybridized carbons (Fsp3) is 0.158. The monoisotopic (exact) mass is 702 g/mol. The van der Waals surface area contributed by atoms with Crippen LogP contribution in [0.4, 0.5) is 0 Å². The highest BCUT2D eigenvalue weighted by Crippen LogP contribution is 2.31. The van der Waals surface area contributed by atoms with E-state index in [0.29, 0.717) is 0 Å². The number of benzene rings is 2. The van der Waals surface area contributed by atoms with Crippen LogP contribution in [0.1, 0.15) is 57.9 Å². The molecule has 0 spiro atoms. The molecule has 0 unspecified atom stereocenters. The van der Waals surface area contributed by atoms with Gasteiger partial charge in [-0.3, -0.25) is 0 Å². The first-order valence-corrected chi connectivity index (χ1v) is 16.7. The number of fused-ring (bicyclic) bond motifs is 8. The van der Waals surface area contributed by atoms with Crippen LogP contribution in [0.15, 0.2) is 93.9 Å². The summed E-state index contributed by atoms with van der Waals surface area (Å²) in [4.78, 5) is 17.6. The van der Waals surface area contributed by atoms with Gasteiger partial charge >= 0.3 is 0 Å². The molecule has 6 heteroatoms. The first-order chi connectivity index (χ1) is 21.6. The molecule has 0 fully saturated rings. The number of aromatic nitrogens is 4. The highest BCUT2D eigenvalue weighted by Gasteiger charge is 2.15. The molecular weight excluding hydrogens is 672 g/mol. The van der Waals surface area contributed by atoms with Gasteiger partial charge in [0, 0.05) is 16.6 Å². The number of aromatic amines is 2. The molecule has 44 heavy (non-hydrogen) atoms. The third kappa shape index (κ3) is 6.15. The van der Waals surface area contributed by atoms with Crippen molar-refractivity contribution in [3.63, 3.8) is 0 Å². The van der Waals surface area contributed by atoms with Gasteiger partial charge in [-0.05, 0) is 136 Å². The van der Waals surface area contributed by atoms with E-state index in [4.69, 9.17) is 9.97 Å². The molecule has 218 valence electrons. The molecule has 0 saturated carbocycles. The van der Waals surface area contributed by atoms with Gasteiger partial charge in [0.05, 0.1) is 42.8 Å². The van der Waals surface area contributed by atoms with E-state index >= 15 is 0 Å². The molecular formula is C38H32Br2N4. The van der Waals surface area contributed by atoms with E-state index in [1.807, 2.05) is 0 Å². The van der Waals surface area contributed by atoms with Gasteiger partial charge in [-0.25, -0.2) is 9.97 Å². The van der Waals surface area contributed by atoms with E-state index < -0.39 is 0 Å². The Kier molecular flexibility index (Phi) is 8.45. The predicted molar refractivity (Wildman–Crippen MR) is 191 cm³/mol. The third-order valence-electron chi connectivity index (χ3n) is 8.31. The first kappa shape index (κ1) is 28.8. The number of nitrogens with one attached hydrogen (secondary N) is 2. The summed E-state index contributed by atoms with van der Waals surface area (Å²) in [5.74, 6) is 0. The highest BCUT2D eigenvalue weighted by atomic mass is 79.9. The van der Waals surface area contributed by atoms with Gasteiger partial charge in [0.2, 0.25) is 0 Å². The van der Waals surface area contributed by atoms with Gasteiger partial charge in [0.1, 0.15) is 0 Å². The number of hydrogen-bond donors (Lipinski definition) is 2. The maximum atomic E-state index is 5.12. The molecule has 8 bridgehead atoms. The summed E-state index contributed by atoms with van der Waals surface area (Å²) in [6.07, 6.45) is 14.4. The molecule has 2 aromatic carbocycles. The van der Waals surface area contributed by atoms with Crippen molar-refractivity contribution in [2.24, 2.45) is 0 Å². The fourth-order valence-electron chi connectivity index (χ4n) is 6.01. The summed E-state index contributed by atoms with van der Waals surface area (Å²) in [7, 11) is 0. The van der Waals surface area contributed by atoms with E-state index in [2.05, 4.69) is 151 Å². The van der Waals surface area contributed by atoms with Crippen LogP contribution >= 0.6 is 31.9 Å². The Balaban J connectivity index is 1.35. The van der Waals surface area contributed by atoms with E-state index in [0.717, 1.165) is 92.3 Å². The summed E-state index contributed by atoms with van der Waals surface area (Å²) in [6, 6.07) is 30.0. The topological polar surface area (TPSA) is 57.4 Å². The van der Waals surface area contributed by atoms with Gasteiger partial charge < -0.3 is 9.97 Å². The van der Waals surface area contributed by atoms with Crippen molar-refractivity contribution in [2.45, 2.75) is 38.5 Å². The Morgan fingerprint density at radius 2 is 0.841 bits per heavy atom. The maximum absolute atomic E-state index is 5.12. The van der Waals surface area contributed by atoms with E-state index in [1.165, 1.54) is 22.3 Å². The Morgan fingerprint density at radius 3 is 1.32 bits per heavy atom. The summed E-state index contributed by atoms with van der Waals surface area (Å²) >= 11 is 7.77. The minimum absolute atomic E-state index is 0.887. The summed E-state index contributed by atoms with van der Waals surface area (Å²) < 4.78 is 1.91. The summed E-state index contributed by atoms with van der Waals surface area (Å²) in [5, 5.41) is 0. The average molecular weight is 705 g/mol. The summed E-state index contributed by atoms with van der Waals surface area (Å²) in [5.41, 5.74) is 13.1. The third-order valence-corrected chi connectivity index (χ3v) is 9.98. The second-order valence-corrected chi connectivity index (χ2v) is 12.9. The zero-order valence-electron chi connectivity index (χ0n) is 24.3. The van der Waals surface area contributed by atoms with E-state index in [1.54, 1.807) is 0 Å². The van der Waals surface area contributed by atoms with Gasteiger partial charge in [0.15, 0.2) is 0 Å². The zero-order chi connectivity index (χ0) is 29.9. The van der Waals surface area contributed by atoms with Crippen molar-refractivity contribution in [3.8, 4) is 0 Å². The van der Waals surface area contributed by atoms with Crippen LogP contribution in [-0.4, -0.2) is 19.9 Å².